The molecule has 0 saturated carbocycles. The number of hydrazine groups is 1. The van der Waals surface area contributed by atoms with Gasteiger partial charge in [-0.05, 0) is 38.0 Å². The van der Waals surface area contributed by atoms with Crippen molar-refractivity contribution >= 4 is 23.2 Å². The summed E-state index contributed by atoms with van der Waals surface area (Å²) in [7, 11) is 1.72. The van der Waals surface area contributed by atoms with E-state index in [2.05, 4.69) is 21.3 Å². The van der Waals surface area contributed by atoms with E-state index in [0.29, 0.717) is 17.4 Å². The highest BCUT2D eigenvalue weighted by Gasteiger charge is 2.16. The second-order valence-corrected chi connectivity index (χ2v) is 5.13. The number of aryl methyl sites for hydroxylation is 2. The first-order valence-corrected chi connectivity index (χ1v) is 6.93. The Balaban J connectivity index is 1.72. The molecule has 1 aliphatic rings. The Morgan fingerprint density at radius 2 is 2.40 bits per heavy atom. The van der Waals surface area contributed by atoms with Crippen molar-refractivity contribution in [1.82, 2.24) is 25.9 Å². The molecule has 0 unspecified atom stereocenters. The maximum atomic E-state index is 11.9. The minimum absolute atomic E-state index is 0.199. The summed E-state index contributed by atoms with van der Waals surface area (Å²) in [4.78, 5) is 11.9. The van der Waals surface area contributed by atoms with Gasteiger partial charge in [-0.2, -0.15) is 5.10 Å². The van der Waals surface area contributed by atoms with Crippen LogP contribution in [-0.4, -0.2) is 40.1 Å². The molecule has 0 bridgehead atoms. The van der Waals surface area contributed by atoms with Gasteiger partial charge in [0.25, 0.3) is 5.91 Å². The van der Waals surface area contributed by atoms with Crippen LogP contribution in [-0.2, 0) is 11.8 Å². The zero-order chi connectivity index (χ0) is 14.5. The van der Waals surface area contributed by atoms with Crippen molar-refractivity contribution < 1.29 is 9.53 Å². The van der Waals surface area contributed by atoms with Gasteiger partial charge in [-0.15, -0.1) is 0 Å². The summed E-state index contributed by atoms with van der Waals surface area (Å²) in [5, 5.41) is 7.49. The van der Waals surface area contributed by atoms with Gasteiger partial charge in [0.15, 0.2) is 5.11 Å². The summed E-state index contributed by atoms with van der Waals surface area (Å²) in [6.45, 7) is 3.29. The zero-order valence-electron chi connectivity index (χ0n) is 11.6. The zero-order valence-corrected chi connectivity index (χ0v) is 12.4. The van der Waals surface area contributed by atoms with E-state index in [1.54, 1.807) is 13.1 Å². The number of hydrogen-bond donors (Lipinski definition) is 3. The van der Waals surface area contributed by atoms with Crippen LogP contribution in [0.5, 0.6) is 0 Å². The van der Waals surface area contributed by atoms with Crippen molar-refractivity contribution in [2.45, 2.75) is 25.9 Å². The molecule has 2 rings (SSSR count). The van der Waals surface area contributed by atoms with Crippen LogP contribution < -0.4 is 16.2 Å². The predicted molar refractivity (Wildman–Crippen MR) is 78.1 cm³/mol. The van der Waals surface area contributed by atoms with Crippen molar-refractivity contribution in [3.8, 4) is 0 Å². The molecule has 1 aromatic rings. The van der Waals surface area contributed by atoms with E-state index in [-0.39, 0.29) is 12.0 Å². The minimum Gasteiger partial charge on any atom is -0.376 e. The van der Waals surface area contributed by atoms with Crippen molar-refractivity contribution in [1.29, 1.82) is 0 Å². The standard InChI is InChI=1S/C12H19N5O2S/c1-8-6-10(17(2)16-8)11(18)14-15-12(20)13-7-9-4-3-5-19-9/h6,9H,3-5,7H2,1-2H3,(H,14,18)(H2,13,15,20)/t9-/m0/s1. The topological polar surface area (TPSA) is 80.2 Å². The molecular weight excluding hydrogens is 278 g/mol. The van der Waals surface area contributed by atoms with Crippen LogP contribution in [0.25, 0.3) is 0 Å². The molecule has 1 aromatic heterocycles. The van der Waals surface area contributed by atoms with Crippen LogP contribution in [0.2, 0.25) is 0 Å². The lowest BCUT2D eigenvalue weighted by Crippen LogP contribution is -2.48. The maximum absolute atomic E-state index is 11.9. The van der Waals surface area contributed by atoms with Crippen molar-refractivity contribution in [2.75, 3.05) is 13.2 Å². The summed E-state index contributed by atoms with van der Waals surface area (Å²) < 4.78 is 6.99. The van der Waals surface area contributed by atoms with Crippen LogP contribution in [0.4, 0.5) is 0 Å². The summed E-state index contributed by atoms with van der Waals surface area (Å²) in [5.41, 5.74) is 6.46. The van der Waals surface area contributed by atoms with Gasteiger partial charge in [-0.3, -0.25) is 20.3 Å². The second kappa shape index (κ2) is 6.67. The first kappa shape index (κ1) is 14.7. The third-order valence-corrected chi connectivity index (χ3v) is 3.28. The van der Waals surface area contributed by atoms with Crippen LogP contribution in [0.1, 0.15) is 29.0 Å². The van der Waals surface area contributed by atoms with Crippen molar-refractivity contribution in [2.24, 2.45) is 7.05 Å². The molecule has 20 heavy (non-hydrogen) atoms. The number of nitrogens with one attached hydrogen (secondary N) is 3. The smallest absolute Gasteiger partial charge is 0.287 e. The molecule has 0 spiro atoms. The van der Waals surface area contributed by atoms with E-state index in [9.17, 15) is 4.79 Å². The van der Waals surface area contributed by atoms with Crippen LogP contribution in [0.15, 0.2) is 6.07 Å². The first-order chi connectivity index (χ1) is 9.56. The lowest BCUT2D eigenvalue weighted by molar-refractivity contribution is 0.0933. The molecule has 0 aliphatic carbocycles. The molecule has 0 radical (unpaired) electrons. The van der Waals surface area contributed by atoms with Crippen molar-refractivity contribution in [3.05, 3.63) is 17.5 Å². The molecule has 7 nitrogen and oxygen atoms in total. The molecule has 1 fully saturated rings. The Bertz CT molecular complexity index is 496. The lowest BCUT2D eigenvalue weighted by atomic mass is 10.2. The molecule has 3 N–H and O–H groups in total. The number of rotatable bonds is 3. The summed E-state index contributed by atoms with van der Waals surface area (Å²) >= 11 is 5.08. The molecule has 1 aliphatic heterocycles. The molecule has 1 atom stereocenters. The molecule has 110 valence electrons. The van der Waals surface area contributed by atoms with Gasteiger partial charge in [0, 0.05) is 20.2 Å². The molecule has 2 heterocycles. The number of amides is 1. The van der Waals surface area contributed by atoms with Gasteiger partial charge in [0.2, 0.25) is 0 Å². The van der Waals surface area contributed by atoms with Gasteiger partial charge in [0.1, 0.15) is 5.69 Å². The molecule has 0 aromatic carbocycles. The first-order valence-electron chi connectivity index (χ1n) is 6.52. The quantitative estimate of drug-likeness (QED) is 0.539. The molecule has 1 amide bonds. The Morgan fingerprint density at radius 3 is 3.00 bits per heavy atom. The molecular formula is C12H19N5O2S. The average molecular weight is 297 g/mol. The van der Waals surface area contributed by atoms with Gasteiger partial charge in [-0.25, -0.2) is 0 Å². The summed E-state index contributed by atoms with van der Waals surface area (Å²) in [5.74, 6) is -0.283. The van der Waals surface area contributed by atoms with Gasteiger partial charge in [-0.1, -0.05) is 0 Å². The van der Waals surface area contributed by atoms with Crippen molar-refractivity contribution in [3.63, 3.8) is 0 Å². The number of nitrogens with zero attached hydrogens (tertiary/aromatic N) is 2. The maximum Gasteiger partial charge on any atom is 0.287 e. The van der Waals surface area contributed by atoms with E-state index in [1.165, 1.54) is 4.68 Å². The van der Waals surface area contributed by atoms with E-state index < -0.39 is 0 Å². The lowest BCUT2D eigenvalue weighted by Gasteiger charge is -2.14. The molecule has 8 heteroatoms. The fraction of sp³-hybridized carbons (Fsp3) is 0.583. The fourth-order valence-electron chi connectivity index (χ4n) is 2.06. The summed E-state index contributed by atoms with van der Waals surface area (Å²) in [6.07, 6.45) is 2.32. The van der Waals surface area contributed by atoms with Crippen LogP contribution >= 0.6 is 12.2 Å². The Labute approximate surface area is 123 Å². The summed E-state index contributed by atoms with van der Waals surface area (Å²) in [6, 6.07) is 1.71. The van der Waals surface area contributed by atoms with Gasteiger partial charge in [0.05, 0.1) is 11.8 Å². The van der Waals surface area contributed by atoms with Crippen LogP contribution in [0.3, 0.4) is 0 Å². The highest BCUT2D eigenvalue weighted by molar-refractivity contribution is 7.80. The normalized spacial score (nSPS) is 17.8. The highest BCUT2D eigenvalue weighted by Crippen LogP contribution is 2.10. The Morgan fingerprint density at radius 1 is 1.60 bits per heavy atom. The largest absolute Gasteiger partial charge is 0.376 e. The number of ether oxygens (including phenoxy) is 1. The number of hydrogen-bond acceptors (Lipinski definition) is 4. The number of aromatic nitrogens is 2. The number of thiocarbonyl (C=S) groups is 1. The van der Waals surface area contributed by atoms with E-state index in [4.69, 9.17) is 17.0 Å². The molecule has 1 saturated heterocycles. The van der Waals surface area contributed by atoms with E-state index in [0.717, 1.165) is 25.1 Å². The number of carbonyl (C=O) groups is 1. The highest BCUT2D eigenvalue weighted by atomic mass is 32.1. The van der Waals surface area contributed by atoms with Gasteiger partial charge >= 0.3 is 0 Å². The average Bonchev–Trinajstić information content (AvgIpc) is 3.03. The van der Waals surface area contributed by atoms with Gasteiger partial charge < -0.3 is 10.1 Å². The van der Waals surface area contributed by atoms with Crippen LogP contribution in [0, 0.1) is 6.92 Å². The minimum atomic E-state index is -0.283. The van der Waals surface area contributed by atoms with E-state index >= 15 is 0 Å². The fourth-order valence-corrected chi connectivity index (χ4v) is 2.19. The predicted octanol–water partition coefficient (Wildman–Crippen LogP) is 0.0164. The van der Waals surface area contributed by atoms with E-state index in [1.807, 2.05) is 6.92 Å². The Kier molecular flexibility index (Phi) is 4.91. The Hall–Kier alpha value is -1.67. The third-order valence-electron chi connectivity index (χ3n) is 3.04. The third kappa shape index (κ3) is 3.91. The monoisotopic (exact) mass is 297 g/mol. The number of carbonyl (C=O) groups excluding carboxylic acids is 1. The second-order valence-electron chi connectivity index (χ2n) is 4.72. The SMILES string of the molecule is Cc1cc(C(=O)NNC(=S)NC[C@@H]2CCCO2)n(C)n1.